The van der Waals surface area contributed by atoms with Gasteiger partial charge in [-0.1, -0.05) is 41.7 Å². The molecular formula is C21H31Cl2NO4. The number of halogens is 2. The number of nitrogens with zero attached hydrogens (tertiary/aromatic N) is 1. The van der Waals surface area contributed by atoms with Crippen molar-refractivity contribution in [2.45, 2.75) is 52.9 Å². The van der Waals surface area contributed by atoms with Crippen LogP contribution in [0.1, 0.15) is 50.7 Å². The Balaban J connectivity index is 2.34. The third-order valence-electron chi connectivity index (χ3n) is 4.10. The number of ether oxygens (including phenoxy) is 3. The first-order chi connectivity index (χ1) is 13.5. The molecule has 0 aromatic heterocycles. The van der Waals surface area contributed by atoms with Crippen molar-refractivity contribution in [3.8, 4) is 11.5 Å². The summed E-state index contributed by atoms with van der Waals surface area (Å²) in [5.41, 5.74) is 2.78. The fourth-order valence-electron chi connectivity index (χ4n) is 2.65. The molecule has 0 radical (unpaired) electrons. The summed E-state index contributed by atoms with van der Waals surface area (Å²) < 4.78 is 17.3. The zero-order chi connectivity index (χ0) is 20.8. The van der Waals surface area contributed by atoms with Gasteiger partial charge in [-0.15, -0.1) is 0 Å². The maximum atomic E-state index is 8.53. The molecule has 1 rings (SSSR count). The van der Waals surface area contributed by atoms with Crippen LogP contribution in [0.15, 0.2) is 27.9 Å². The number of hydrogen-bond donors (Lipinski definition) is 1. The van der Waals surface area contributed by atoms with Gasteiger partial charge in [0.2, 0.25) is 0 Å². The van der Waals surface area contributed by atoms with Gasteiger partial charge < -0.3 is 19.4 Å². The Labute approximate surface area is 178 Å². The van der Waals surface area contributed by atoms with Gasteiger partial charge in [-0.05, 0) is 68.9 Å². The van der Waals surface area contributed by atoms with Gasteiger partial charge in [0.05, 0.1) is 18.9 Å². The molecule has 0 saturated heterocycles. The Morgan fingerprint density at radius 2 is 1.82 bits per heavy atom. The van der Waals surface area contributed by atoms with Crippen molar-refractivity contribution in [1.29, 1.82) is 0 Å². The second kappa shape index (κ2) is 14.6. The van der Waals surface area contributed by atoms with Crippen molar-refractivity contribution in [3.63, 3.8) is 0 Å². The van der Waals surface area contributed by atoms with Crippen LogP contribution in [0.2, 0.25) is 0 Å². The van der Waals surface area contributed by atoms with E-state index in [9.17, 15) is 0 Å². The summed E-state index contributed by atoms with van der Waals surface area (Å²) in [7, 11) is 0. The molecule has 0 amide bonds. The summed E-state index contributed by atoms with van der Waals surface area (Å²) in [5, 5.41) is 11.6. The molecule has 5 nitrogen and oxygen atoms in total. The van der Waals surface area contributed by atoms with Crippen molar-refractivity contribution in [1.82, 2.24) is 0 Å². The molecule has 7 heteroatoms. The topological polar surface area (TPSA) is 60.3 Å². The quantitative estimate of drug-likeness (QED) is 0.168. The minimum atomic E-state index is 0.202. The number of benzene rings is 1. The van der Waals surface area contributed by atoms with E-state index in [2.05, 4.69) is 12.1 Å². The lowest BCUT2D eigenvalue weighted by molar-refractivity contribution is 0.162. The first-order valence-electron chi connectivity index (χ1n) is 9.63. The maximum absolute atomic E-state index is 8.53. The summed E-state index contributed by atoms with van der Waals surface area (Å²) in [6.07, 6.45) is 6.64. The van der Waals surface area contributed by atoms with E-state index in [1.165, 1.54) is 0 Å². The molecular weight excluding hydrogens is 401 g/mol. The van der Waals surface area contributed by atoms with Crippen LogP contribution in [0.5, 0.6) is 11.5 Å². The molecule has 1 aromatic rings. The molecule has 0 fully saturated rings. The van der Waals surface area contributed by atoms with E-state index in [1.807, 2.05) is 19.1 Å². The molecule has 0 atom stereocenters. The maximum Gasteiger partial charge on any atom is 0.125 e. The van der Waals surface area contributed by atoms with E-state index in [0.29, 0.717) is 32.1 Å². The molecule has 28 heavy (non-hydrogen) atoms. The minimum absolute atomic E-state index is 0.202. The largest absolute Gasteiger partial charge is 0.493 e. The van der Waals surface area contributed by atoms with Crippen molar-refractivity contribution in [2.75, 3.05) is 26.4 Å². The molecule has 0 heterocycles. The molecule has 0 spiro atoms. The summed E-state index contributed by atoms with van der Waals surface area (Å²) in [6, 6.07) is 3.98. The Bertz CT molecular complexity index is 644. The fraction of sp³-hybridized carbons (Fsp3) is 0.571. The Hall–Kier alpha value is -1.43. The van der Waals surface area contributed by atoms with Crippen molar-refractivity contribution in [3.05, 3.63) is 33.8 Å². The lowest BCUT2D eigenvalue weighted by atomic mass is 10.1. The molecule has 0 aliphatic heterocycles. The number of hydrogen-bond acceptors (Lipinski definition) is 5. The molecule has 1 aromatic carbocycles. The van der Waals surface area contributed by atoms with Crippen molar-refractivity contribution < 1.29 is 19.4 Å². The highest BCUT2D eigenvalue weighted by molar-refractivity contribution is 6.55. The average molecular weight is 432 g/mol. The monoisotopic (exact) mass is 431 g/mol. The smallest absolute Gasteiger partial charge is 0.125 e. The number of unbranched alkanes of at least 4 members (excludes halogenated alkanes) is 3. The van der Waals surface area contributed by atoms with E-state index in [1.54, 1.807) is 13.0 Å². The van der Waals surface area contributed by atoms with Crippen LogP contribution in [0.3, 0.4) is 0 Å². The van der Waals surface area contributed by atoms with Crippen LogP contribution >= 0.6 is 23.2 Å². The normalized spacial score (nSPS) is 11.4. The van der Waals surface area contributed by atoms with Crippen LogP contribution < -0.4 is 9.47 Å². The first kappa shape index (κ1) is 24.6. The number of rotatable bonds is 14. The number of oxime groups is 1. The van der Waals surface area contributed by atoms with E-state index >= 15 is 0 Å². The van der Waals surface area contributed by atoms with Gasteiger partial charge in [0.25, 0.3) is 0 Å². The molecule has 0 bridgehead atoms. The predicted octanol–water partition coefficient (Wildman–Crippen LogP) is 6.06. The van der Waals surface area contributed by atoms with Crippen LogP contribution in [0.4, 0.5) is 0 Å². The molecule has 0 saturated carbocycles. The zero-order valence-corrected chi connectivity index (χ0v) is 18.5. The molecule has 1 N–H and O–H groups in total. The Morgan fingerprint density at radius 3 is 2.46 bits per heavy atom. The lowest BCUT2D eigenvalue weighted by Crippen LogP contribution is -2.06. The third-order valence-corrected chi connectivity index (χ3v) is 4.41. The Morgan fingerprint density at radius 1 is 1.11 bits per heavy atom. The second-order valence-corrected chi connectivity index (χ2v) is 7.55. The predicted molar refractivity (Wildman–Crippen MR) is 116 cm³/mol. The van der Waals surface area contributed by atoms with E-state index in [-0.39, 0.29) is 4.49 Å². The summed E-state index contributed by atoms with van der Waals surface area (Å²) in [5.74, 6) is 1.73. The summed E-state index contributed by atoms with van der Waals surface area (Å²) in [6.45, 7) is 7.95. The summed E-state index contributed by atoms with van der Waals surface area (Å²) >= 11 is 11.2. The van der Waals surface area contributed by atoms with E-state index in [0.717, 1.165) is 54.7 Å². The van der Waals surface area contributed by atoms with Crippen LogP contribution in [-0.2, 0) is 11.2 Å². The van der Waals surface area contributed by atoms with Gasteiger partial charge >= 0.3 is 0 Å². The highest BCUT2D eigenvalue weighted by Gasteiger charge is 2.09. The van der Waals surface area contributed by atoms with Crippen molar-refractivity contribution in [2.24, 2.45) is 5.16 Å². The fourth-order valence-corrected chi connectivity index (χ4v) is 2.77. The number of aryl methyl sites for hydroxylation is 2. The van der Waals surface area contributed by atoms with Gasteiger partial charge in [0, 0.05) is 6.61 Å². The average Bonchev–Trinajstić information content (AvgIpc) is 2.66. The first-order valence-corrected chi connectivity index (χ1v) is 10.4. The minimum Gasteiger partial charge on any atom is -0.493 e. The highest BCUT2D eigenvalue weighted by Crippen LogP contribution is 2.30. The molecule has 0 aliphatic carbocycles. The van der Waals surface area contributed by atoms with Gasteiger partial charge in [0.1, 0.15) is 22.6 Å². The van der Waals surface area contributed by atoms with Gasteiger partial charge in [-0.3, -0.25) is 0 Å². The molecule has 0 unspecified atom stereocenters. The highest BCUT2D eigenvalue weighted by atomic mass is 35.5. The van der Waals surface area contributed by atoms with Crippen LogP contribution in [0, 0.1) is 6.92 Å². The van der Waals surface area contributed by atoms with E-state index < -0.39 is 0 Å². The molecule has 158 valence electrons. The zero-order valence-electron chi connectivity index (χ0n) is 17.0. The molecule has 0 aliphatic rings. The third kappa shape index (κ3) is 10.2. The van der Waals surface area contributed by atoms with Gasteiger partial charge in [-0.25, -0.2) is 0 Å². The standard InChI is InChI=1S/C21H31Cl2NO4/c1-4-18-14-19(27-12-9-20(22)23)13-16(2)21(18)28-11-8-6-5-7-10-26-15-17(3)24-25/h9,13-14,25H,4-8,10-12,15H2,1-3H3. The van der Waals surface area contributed by atoms with Crippen LogP contribution in [-0.4, -0.2) is 37.3 Å². The second-order valence-electron chi connectivity index (χ2n) is 6.54. The van der Waals surface area contributed by atoms with Crippen LogP contribution in [0.25, 0.3) is 0 Å². The van der Waals surface area contributed by atoms with Gasteiger partial charge in [-0.2, -0.15) is 0 Å². The van der Waals surface area contributed by atoms with E-state index in [4.69, 9.17) is 42.6 Å². The van der Waals surface area contributed by atoms with Crippen molar-refractivity contribution >= 4 is 28.9 Å². The Kier molecular flexibility index (Phi) is 12.8. The lowest BCUT2D eigenvalue weighted by Gasteiger charge is -2.15. The SMILES string of the molecule is CCc1cc(OCC=C(Cl)Cl)cc(C)c1OCCCCCCOCC(C)=NO. The van der Waals surface area contributed by atoms with Gasteiger partial charge in [0.15, 0.2) is 0 Å². The summed E-state index contributed by atoms with van der Waals surface area (Å²) in [4.78, 5) is 0.